The van der Waals surface area contributed by atoms with Crippen LogP contribution in [-0.2, 0) is 9.59 Å². The number of halogens is 1. The van der Waals surface area contributed by atoms with Crippen LogP contribution < -0.4 is 5.32 Å². The topological polar surface area (TPSA) is 46.2 Å². The molecule has 0 aliphatic rings. The van der Waals surface area contributed by atoms with E-state index >= 15 is 0 Å². The van der Waals surface area contributed by atoms with Gasteiger partial charge < -0.3 is 5.32 Å². The highest BCUT2D eigenvalue weighted by molar-refractivity contribution is 7.99. The quantitative estimate of drug-likeness (QED) is 0.239. The summed E-state index contributed by atoms with van der Waals surface area (Å²) in [7, 11) is 0. The second-order valence-corrected chi connectivity index (χ2v) is 8.23. The number of Topliss-reactive ketones (excluding diaryl/α,β-unsaturated/α-hetero) is 1. The van der Waals surface area contributed by atoms with E-state index in [9.17, 15) is 9.59 Å². The van der Waals surface area contributed by atoms with Gasteiger partial charge >= 0.3 is 0 Å². The van der Waals surface area contributed by atoms with Crippen LogP contribution in [-0.4, -0.2) is 35.1 Å². The maximum absolute atomic E-state index is 11.7. The molecule has 0 aliphatic heterocycles. The average molecular weight is 392 g/mol. The molecule has 0 spiro atoms. The fourth-order valence-electron chi connectivity index (χ4n) is 2.80. The number of hydrogen-bond acceptors (Lipinski definition) is 3. The second kappa shape index (κ2) is 18.6. The lowest BCUT2D eigenvalue weighted by atomic mass is 10.1. The SMILES string of the molecule is CCCCCCCCCCCCCCSC[C@H](NC(C)=O)C(=O)CCl. The largest absolute Gasteiger partial charge is 0.346 e. The van der Waals surface area contributed by atoms with Crippen molar-refractivity contribution in [3.8, 4) is 0 Å². The van der Waals surface area contributed by atoms with Gasteiger partial charge in [-0.3, -0.25) is 9.59 Å². The molecule has 0 aromatic heterocycles. The molecule has 1 atom stereocenters. The maximum atomic E-state index is 11.7. The van der Waals surface area contributed by atoms with Crippen molar-refractivity contribution in [2.75, 3.05) is 17.4 Å². The standard InChI is InChI=1S/C20H38ClNO2S/c1-3-4-5-6-7-8-9-10-11-12-13-14-15-25-17-19(20(24)16-21)22-18(2)23/h19H,3-17H2,1-2H3,(H,22,23)/t19-/m0/s1. The summed E-state index contributed by atoms with van der Waals surface area (Å²) in [6, 6.07) is -0.433. The van der Waals surface area contributed by atoms with E-state index in [1.807, 2.05) is 0 Å². The summed E-state index contributed by atoms with van der Waals surface area (Å²) in [6.45, 7) is 3.70. The third kappa shape index (κ3) is 17.0. The smallest absolute Gasteiger partial charge is 0.217 e. The van der Waals surface area contributed by atoms with Gasteiger partial charge in [0.15, 0.2) is 5.78 Å². The Kier molecular flexibility index (Phi) is 18.4. The summed E-state index contributed by atoms with van der Waals surface area (Å²) in [5.41, 5.74) is 0. The van der Waals surface area contributed by atoms with Crippen LogP contribution in [0.4, 0.5) is 0 Å². The first-order valence-electron chi connectivity index (χ1n) is 10.0. The molecule has 1 amide bonds. The minimum Gasteiger partial charge on any atom is -0.346 e. The summed E-state index contributed by atoms with van der Waals surface area (Å²) in [6.07, 6.45) is 16.2. The predicted molar refractivity (Wildman–Crippen MR) is 112 cm³/mol. The van der Waals surface area contributed by atoms with E-state index in [-0.39, 0.29) is 17.6 Å². The van der Waals surface area contributed by atoms with Crippen molar-refractivity contribution in [3.05, 3.63) is 0 Å². The maximum Gasteiger partial charge on any atom is 0.217 e. The Morgan fingerprint density at radius 1 is 0.880 bits per heavy atom. The molecule has 0 saturated heterocycles. The Labute approximate surface area is 164 Å². The molecule has 3 nitrogen and oxygen atoms in total. The summed E-state index contributed by atoms with van der Waals surface area (Å²) >= 11 is 7.32. The zero-order valence-corrected chi connectivity index (χ0v) is 17.9. The van der Waals surface area contributed by atoms with Crippen LogP contribution in [0, 0.1) is 0 Å². The molecule has 0 aromatic carbocycles. The first kappa shape index (κ1) is 24.8. The molecule has 148 valence electrons. The Hall–Kier alpha value is -0.220. The van der Waals surface area contributed by atoms with E-state index in [1.54, 1.807) is 11.8 Å². The van der Waals surface area contributed by atoms with Crippen molar-refractivity contribution in [2.24, 2.45) is 0 Å². The summed E-state index contributed by atoms with van der Waals surface area (Å²) < 4.78 is 0. The third-order valence-electron chi connectivity index (χ3n) is 4.32. The van der Waals surface area contributed by atoms with Crippen LogP contribution >= 0.6 is 23.4 Å². The Morgan fingerprint density at radius 2 is 1.36 bits per heavy atom. The zero-order chi connectivity index (χ0) is 18.8. The molecule has 0 heterocycles. The number of rotatable bonds is 18. The van der Waals surface area contributed by atoms with Crippen molar-refractivity contribution in [2.45, 2.75) is 96.9 Å². The summed E-state index contributed by atoms with van der Waals surface area (Å²) in [4.78, 5) is 22.8. The van der Waals surface area contributed by atoms with Crippen LogP contribution in [0.2, 0.25) is 0 Å². The summed E-state index contributed by atoms with van der Waals surface area (Å²) in [5, 5.41) is 2.68. The highest BCUT2D eigenvalue weighted by Crippen LogP contribution is 2.14. The Balaban J connectivity index is 3.39. The molecule has 25 heavy (non-hydrogen) atoms. The molecular weight excluding hydrogens is 354 g/mol. The Bertz CT molecular complexity index is 340. The molecule has 0 saturated carbocycles. The van der Waals surface area contributed by atoms with Crippen molar-refractivity contribution >= 4 is 35.1 Å². The van der Waals surface area contributed by atoms with E-state index in [1.165, 1.54) is 84.0 Å². The minimum absolute atomic E-state index is 0.0376. The van der Waals surface area contributed by atoms with Gasteiger partial charge in [0, 0.05) is 12.7 Å². The molecule has 0 fully saturated rings. The molecule has 0 rings (SSSR count). The van der Waals surface area contributed by atoms with Crippen molar-refractivity contribution in [3.63, 3.8) is 0 Å². The summed E-state index contributed by atoms with van der Waals surface area (Å²) in [5.74, 6) is 1.37. The number of alkyl halides is 1. The van der Waals surface area contributed by atoms with Crippen LogP contribution in [0.3, 0.4) is 0 Å². The Morgan fingerprint density at radius 3 is 1.80 bits per heavy atom. The van der Waals surface area contributed by atoms with Crippen LogP contribution in [0.25, 0.3) is 0 Å². The van der Waals surface area contributed by atoms with Gasteiger partial charge in [0.1, 0.15) is 0 Å². The minimum atomic E-state index is -0.433. The number of hydrogen-bond donors (Lipinski definition) is 1. The van der Waals surface area contributed by atoms with Gasteiger partial charge in [0.2, 0.25) is 5.91 Å². The molecule has 1 N–H and O–H groups in total. The molecule has 0 aromatic rings. The van der Waals surface area contributed by atoms with Crippen LogP contribution in [0.5, 0.6) is 0 Å². The first-order valence-corrected chi connectivity index (χ1v) is 11.7. The van der Waals surface area contributed by atoms with E-state index in [4.69, 9.17) is 11.6 Å². The second-order valence-electron chi connectivity index (χ2n) is 6.82. The fraction of sp³-hybridized carbons (Fsp3) is 0.900. The van der Waals surface area contributed by atoms with Gasteiger partial charge in [0.25, 0.3) is 0 Å². The average Bonchev–Trinajstić information content (AvgIpc) is 2.60. The van der Waals surface area contributed by atoms with Crippen LogP contribution in [0.1, 0.15) is 90.9 Å². The number of ketones is 1. The van der Waals surface area contributed by atoms with Gasteiger partial charge in [-0.1, -0.05) is 77.6 Å². The van der Waals surface area contributed by atoms with Crippen molar-refractivity contribution < 1.29 is 9.59 Å². The molecule has 0 bridgehead atoms. The van der Waals surface area contributed by atoms with E-state index in [0.29, 0.717) is 5.75 Å². The normalized spacial score (nSPS) is 12.1. The third-order valence-corrected chi connectivity index (χ3v) is 5.73. The van der Waals surface area contributed by atoms with Gasteiger partial charge in [-0.15, -0.1) is 11.6 Å². The van der Waals surface area contributed by atoms with Crippen LogP contribution in [0.15, 0.2) is 0 Å². The first-order chi connectivity index (χ1) is 12.1. The number of nitrogens with one attached hydrogen (secondary N) is 1. The number of thioether (sulfide) groups is 1. The van der Waals surface area contributed by atoms with Gasteiger partial charge in [-0.2, -0.15) is 11.8 Å². The fourth-order valence-corrected chi connectivity index (χ4v) is 4.07. The monoisotopic (exact) mass is 391 g/mol. The zero-order valence-electron chi connectivity index (χ0n) is 16.3. The van der Waals surface area contributed by atoms with E-state index in [0.717, 1.165) is 5.75 Å². The lowest BCUT2D eigenvalue weighted by molar-refractivity contribution is -0.124. The molecule has 0 radical (unpaired) electrons. The molecular formula is C20H38ClNO2S. The van der Waals surface area contributed by atoms with E-state index in [2.05, 4.69) is 12.2 Å². The number of unbranched alkanes of at least 4 members (excludes halogenated alkanes) is 11. The molecule has 5 heteroatoms. The number of carbonyl (C=O) groups is 2. The highest BCUT2D eigenvalue weighted by atomic mass is 35.5. The van der Waals surface area contributed by atoms with Gasteiger partial charge in [0.05, 0.1) is 11.9 Å². The highest BCUT2D eigenvalue weighted by Gasteiger charge is 2.17. The predicted octanol–water partition coefficient (Wildman–Crippen LogP) is 5.73. The molecule has 0 unspecified atom stereocenters. The van der Waals surface area contributed by atoms with Gasteiger partial charge in [-0.25, -0.2) is 0 Å². The number of amides is 1. The van der Waals surface area contributed by atoms with Gasteiger partial charge in [-0.05, 0) is 12.2 Å². The molecule has 0 aliphatic carbocycles. The van der Waals surface area contributed by atoms with Crippen molar-refractivity contribution in [1.29, 1.82) is 0 Å². The lowest BCUT2D eigenvalue weighted by Gasteiger charge is -2.15. The van der Waals surface area contributed by atoms with Crippen molar-refractivity contribution in [1.82, 2.24) is 5.32 Å². The number of carbonyl (C=O) groups excluding carboxylic acids is 2. The lowest BCUT2D eigenvalue weighted by Crippen LogP contribution is -2.42. The van der Waals surface area contributed by atoms with E-state index < -0.39 is 6.04 Å².